The van der Waals surface area contributed by atoms with E-state index in [0.29, 0.717) is 24.2 Å². The Morgan fingerprint density at radius 3 is 2.55 bits per heavy atom. The van der Waals surface area contributed by atoms with Crippen LogP contribution < -0.4 is 0 Å². The number of hydrogen-bond donors (Lipinski definition) is 2. The predicted octanol–water partition coefficient (Wildman–Crippen LogP) is 5.54. The highest BCUT2D eigenvalue weighted by atomic mass is 16.5. The van der Waals surface area contributed by atoms with Gasteiger partial charge in [-0.2, -0.15) is 0 Å². The lowest BCUT2D eigenvalue weighted by Gasteiger charge is -2.60. The van der Waals surface area contributed by atoms with Gasteiger partial charge in [-0.3, -0.25) is 9.59 Å². The molecule has 3 fully saturated rings. The lowest BCUT2D eigenvalue weighted by Crippen LogP contribution is -2.56. The molecule has 3 aliphatic rings. The normalized spacial score (nSPS) is 43.0. The van der Waals surface area contributed by atoms with Gasteiger partial charge in [-0.05, 0) is 93.8 Å². The van der Waals surface area contributed by atoms with Crippen LogP contribution in [0.1, 0.15) is 96.2 Å². The van der Waals surface area contributed by atoms with Crippen molar-refractivity contribution >= 4 is 11.9 Å². The van der Waals surface area contributed by atoms with Crippen LogP contribution in [0.15, 0.2) is 0 Å². The maximum atomic E-state index is 12.3. The van der Waals surface area contributed by atoms with Gasteiger partial charge in [0.15, 0.2) is 0 Å². The first-order chi connectivity index (χ1) is 13.6. The topological polar surface area (TPSA) is 83.8 Å². The number of rotatable bonds is 6. The monoisotopic (exact) mass is 414 g/mol. The molecule has 6 unspecified atom stereocenters. The van der Waals surface area contributed by atoms with Gasteiger partial charge in [0, 0.05) is 10.7 Å². The first kappa shape index (κ1) is 22.6. The van der Waals surface area contributed by atoms with Crippen LogP contribution in [-0.4, -0.2) is 33.9 Å². The highest BCUT2D eigenvalue weighted by Crippen LogP contribution is 2.62. The second-order valence-electron chi connectivity index (χ2n) is 10.6. The van der Waals surface area contributed by atoms with E-state index in [1.165, 1.54) is 0 Å². The summed E-state index contributed by atoms with van der Waals surface area (Å²) >= 11 is 0. The summed E-state index contributed by atoms with van der Waals surface area (Å²) in [5, 5.41) is 20.2. The lowest BCUT2D eigenvalue weighted by atomic mass is 9.46. The molecular weight excluding hydrogens is 368 g/mol. The number of ether oxygens (including phenoxy) is 1. The summed E-state index contributed by atoms with van der Waals surface area (Å²) < 4.78 is 5.85. The highest BCUT2D eigenvalue weighted by molar-refractivity contribution is 5.72. The van der Waals surface area contributed by atoms with E-state index >= 15 is 0 Å². The van der Waals surface area contributed by atoms with Crippen molar-refractivity contribution in [1.82, 2.24) is 0 Å². The molecule has 0 bridgehead atoms. The van der Waals surface area contributed by atoms with Crippen molar-refractivity contribution in [1.29, 1.82) is 0 Å². The minimum atomic E-state index is -0.772. The first-order valence-corrected chi connectivity index (χ1v) is 11.7. The Morgan fingerprint density at radius 2 is 1.90 bits per heavy atom. The van der Waals surface area contributed by atoms with E-state index in [1.807, 2.05) is 20.8 Å². The molecule has 0 aromatic carbocycles. The van der Waals surface area contributed by atoms with Crippen LogP contribution in [-0.2, 0) is 14.3 Å². The molecule has 5 heteroatoms. The van der Waals surface area contributed by atoms with Crippen molar-refractivity contribution in [3.05, 3.63) is 0 Å². The first-order valence-electron chi connectivity index (χ1n) is 11.7. The van der Waals surface area contributed by atoms with Gasteiger partial charge in [0.25, 0.3) is 0 Å². The Balaban J connectivity index is 0.00000320. The number of carboxylic acid groups (broad SMARTS) is 1. The van der Waals surface area contributed by atoms with Crippen LogP contribution >= 0.6 is 0 Å². The molecule has 3 aliphatic carbocycles. The van der Waals surface area contributed by atoms with Crippen LogP contribution in [0.25, 0.3) is 0 Å². The molecule has 3 rings (SSSR count). The Bertz CT molecular complexity index is 629. The molecule has 2 N–H and O–H groups in total. The highest BCUT2D eigenvalue weighted by Gasteiger charge is 2.56. The van der Waals surface area contributed by atoms with Crippen molar-refractivity contribution in [3.8, 4) is 0 Å². The van der Waals surface area contributed by atoms with E-state index in [1.54, 1.807) is 0 Å². The van der Waals surface area contributed by atoms with Gasteiger partial charge in [0.1, 0.15) is 6.10 Å². The zero-order valence-corrected chi connectivity index (χ0v) is 18.7. The summed E-state index contributed by atoms with van der Waals surface area (Å²) in [5.41, 5.74) is -0.553. The number of carboxylic acids is 1. The lowest BCUT2D eigenvalue weighted by molar-refractivity contribution is -0.174. The summed E-state index contributed by atoms with van der Waals surface area (Å²) in [7, 11) is 0. The summed E-state index contributed by atoms with van der Waals surface area (Å²) in [5.74, 6) is 0.690. The Hall–Kier alpha value is -1.10. The Kier molecular flexibility index (Phi) is 6.67. The van der Waals surface area contributed by atoms with Crippen molar-refractivity contribution < 1.29 is 28.8 Å². The van der Waals surface area contributed by atoms with Gasteiger partial charge in [0.2, 0.25) is 0 Å². The molecule has 8 atom stereocenters. The van der Waals surface area contributed by atoms with E-state index < -0.39 is 11.6 Å². The van der Waals surface area contributed by atoms with E-state index in [9.17, 15) is 19.8 Å². The molecule has 0 aromatic rings. The summed E-state index contributed by atoms with van der Waals surface area (Å²) in [6.07, 6.45) is 8.43. The molecule has 29 heavy (non-hydrogen) atoms. The summed E-state index contributed by atoms with van der Waals surface area (Å²) in [6, 6.07) is 0. The van der Waals surface area contributed by atoms with Gasteiger partial charge in [-0.25, -0.2) is 0 Å². The quantitative estimate of drug-likeness (QED) is 0.557. The number of carbonyl (C=O) groups is 2. The molecule has 0 aromatic heterocycles. The van der Waals surface area contributed by atoms with Crippen molar-refractivity contribution in [3.63, 3.8) is 0 Å². The van der Waals surface area contributed by atoms with E-state index in [-0.39, 0.29) is 40.0 Å². The molecule has 172 valence electrons. The molecular formula is C24H46O5. The maximum absolute atomic E-state index is 12.3. The molecule has 0 amide bonds. The van der Waals surface area contributed by atoms with E-state index in [0.717, 1.165) is 51.4 Å². The van der Waals surface area contributed by atoms with Crippen molar-refractivity contribution in [2.24, 2.45) is 35.0 Å². The zero-order chi connectivity index (χ0) is 21.4. The van der Waals surface area contributed by atoms with Gasteiger partial charge < -0.3 is 14.9 Å². The smallest absolute Gasteiger partial charge is 0.308 e. The van der Waals surface area contributed by atoms with Crippen LogP contribution in [0.2, 0.25) is 0 Å². The largest absolute Gasteiger partial charge is 0.481 e. The van der Waals surface area contributed by atoms with Crippen molar-refractivity contribution in [2.45, 2.75) is 104 Å². The predicted molar refractivity (Wildman–Crippen MR) is 118 cm³/mol. The van der Waals surface area contributed by atoms with Crippen LogP contribution in [0.4, 0.5) is 0 Å². The molecule has 0 saturated heterocycles. The summed E-state index contributed by atoms with van der Waals surface area (Å²) in [4.78, 5) is 23.4. The van der Waals surface area contributed by atoms with Gasteiger partial charge >= 0.3 is 11.9 Å². The number of hydrogen-bond acceptors (Lipinski definition) is 4. The minimum absolute atomic E-state index is 0. The molecule has 0 aliphatic heterocycles. The third-order valence-electron chi connectivity index (χ3n) is 8.94. The zero-order valence-electron chi connectivity index (χ0n) is 18.7. The van der Waals surface area contributed by atoms with Gasteiger partial charge in [-0.15, -0.1) is 0 Å². The van der Waals surface area contributed by atoms with Crippen LogP contribution in [0, 0.1) is 35.0 Å². The van der Waals surface area contributed by atoms with Crippen LogP contribution in [0.5, 0.6) is 0 Å². The number of esters is 1. The molecule has 0 spiro atoms. The van der Waals surface area contributed by atoms with Crippen LogP contribution in [0.3, 0.4) is 0 Å². The fourth-order valence-corrected chi connectivity index (χ4v) is 6.88. The fraction of sp³-hybridized carbons (Fsp3) is 0.917. The maximum Gasteiger partial charge on any atom is 0.308 e. The van der Waals surface area contributed by atoms with E-state index in [4.69, 9.17) is 4.74 Å². The number of aliphatic carboxylic acids is 1. The molecule has 0 radical (unpaired) electrons. The van der Waals surface area contributed by atoms with Crippen molar-refractivity contribution in [2.75, 3.05) is 0 Å². The molecule has 0 heterocycles. The van der Waals surface area contributed by atoms with E-state index in [2.05, 4.69) is 6.92 Å². The SMILES string of the molecule is CCC(C)C(=O)OC1CC[C@@]2(C)C(CCC3C2CC[C@](C)(O)C3CCC(=O)O)C1.[HH].[HH].[HH]. The molecule has 3 saturated carbocycles. The van der Waals surface area contributed by atoms with Gasteiger partial charge in [-0.1, -0.05) is 20.8 Å². The number of aliphatic hydroxyl groups is 1. The molecule has 5 nitrogen and oxygen atoms in total. The number of fused-ring (bicyclic) bond motifs is 3. The minimum Gasteiger partial charge on any atom is -0.481 e. The second kappa shape index (κ2) is 8.56. The fourth-order valence-electron chi connectivity index (χ4n) is 6.88. The average Bonchev–Trinajstić information content (AvgIpc) is 2.65. The standard InChI is InChI=1S/C24H40O5.3H2/c1-5-15(2)22(27)29-17-10-12-23(3)16(14-17)6-7-18-19(23)11-13-24(4,28)20(18)8-9-21(25)26;;;/h15-20,28H,5-14H2,1-4H3,(H,25,26);3*1H/t15?,16?,17?,18?,19?,20?,23-,24-;;;/m0.../s1. The number of carbonyl (C=O) groups excluding carboxylic acids is 1. The third kappa shape index (κ3) is 4.50. The Morgan fingerprint density at radius 1 is 1.17 bits per heavy atom. The summed E-state index contributed by atoms with van der Waals surface area (Å²) in [6.45, 7) is 8.28. The third-order valence-corrected chi connectivity index (χ3v) is 8.94. The average molecular weight is 415 g/mol. The second-order valence-corrected chi connectivity index (χ2v) is 10.6. The van der Waals surface area contributed by atoms with Gasteiger partial charge in [0.05, 0.1) is 11.5 Å². The Labute approximate surface area is 180 Å².